The minimum absolute atomic E-state index is 0.0293. The Bertz CT molecular complexity index is 905. The predicted molar refractivity (Wildman–Crippen MR) is 119 cm³/mol. The topological polar surface area (TPSA) is 77.1 Å². The lowest BCUT2D eigenvalue weighted by atomic mass is 9.88. The first kappa shape index (κ1) is 22.6. The summed E-state index contributed by atoms with van der Waals surface area (Å²) in [5.74, 6) is 1.95. The van der Waals surface area contributed by atoms with Crippen LogP contribution >= 0.6 is 0 Å². The number of nitrogens with zero attached hydrogens (tertiary/aromatic N) is 1. The Morgan fingerprint density at radius 2 is 1.55 bits per heavy atom. The molecule has 166 valence electrons. The molecule has 1 saturated heterocycles. The Morgan fingerprint density at radius 3 is 2.13 bits per heavy atom. The van der Waals surface area contributed by atoms with Crippen molar-refractivity contribution in [2.24, 2.45) is 5.92 Å². The molecule has 1 N–H and O–H groups in total. The Labute approximate surface area is 183 Å². The van der Waals surface area contributed by atoms with Crippen LogP contribution < -0.4 is 19.5 Å². The zero-order valence-corrected chi connectivity index (χ0v) is 18.5. The summed E-state index contributed by atoms with van der Waals surface area (Å²) < 4.78 is 15.7. The molecule has 0 saturated carbocycles. The number of anilines is 1. The molecule has 7 heteroatoms. The molecule has 1 heterocycles. The summed E-state index contributed by atoms with van der Waals surface area (Å²) in [5, 5.41) is 2.94. The standard InChI is InChI=1S/C24H30N2O5/c1-16(24(28)25-21-15-20(30-3)9-10-22(21)31-4)26-13-11-18(12-14-26)23(27)17-5-7-19(29-2)8-6-17/h5-10,15-16,18H,11-14H2,1-4H3,(H,25,28). The predicted octanol–water partition coefficient (Wildman–Crippen LogP) is 3.63. The monoisotopic (exact) mass is 426 g/mol. The molecule has 1 unspecified atom stereocenters. The second-order valence-electron chi connectivity index (χ2n) is 7.63. The van der Waals surface area contributed by atoms with Crippen molar-refractivity contribution in [3.8, 4) is 17.2 Å². The van der Waals surface area contributed by atoms with Gasteiger partial charge in [-0.25, -0.2) is 0 Å². The van der Waals surface area contributed by atoms with Gasteiger partial charge in [-0.3, -0.25) is 14.5 Å². The summed E-state index contributed by atoms with van der Waals surface area (Å²) in [6.07, 6.45) is 1.45. The molecule has 1 amide bonds. The largest absolute Gasteiger partial charge is 0.497 e. The van der Waals surface area contributed by atoms with E-state index in [1.54, 1.807) is 39.5 Å². The number of benzene rings is 2. The highest BCUT2D eigenvalue weighted by Gasteiger charge is 2.30. The van der Waals surface area contributed by atoms with E-state index in [4.69, 9.17) is 14.2 Å². The van der Waals surface area contributed by atoms with Crippen LogP contribution in [0.15, 0.2) is 42.5 Å². The van der Waals surface area contributed by atoms with Crippen molar-refractivity contribution >= 4 is 17.4 Å². The second-order valence-corrected chi connectivity index (χ2v) is 7.63. The van der Waals surface area contributed by atoms with Crippen LogP contribution in [0.25, 0.3) is 0 Å². The van der Waals surface area contributed by atoms with Gasteiger partial charge in [0.1, 0.15) is 17.2 Å². The molecule has 1 aliphatic heterocycles. The summed E-state index contributed by atoms with van der Waals surface area (Å²) in [6, 6.07) is 12.2. The van der Waals surface area contributed by atoms with E-state index in [0.29, 0.717) is 35.8 Å². The molecule has 31 heavy (non-hydrogen) atoms. The first-order chi connectivity index (χ1) is 15.0. The summed E-state index contributed by atoms with van der Waals surface area (Å²) in [5.41, 5.74) is 1.28. The van der Waals surface area contributed by atoms with Crippen molar-refractivity contribution in [1.29, 1.82) is 0 Å². The highest BCUT2D eigenvalue weighted by Crippen LogP contribution is 2.30. The minimum atomic E-state index is -0.326. The number of carbonyl (C=O) groups is 2. The van der Waals surface area contributed by atoms with E-state index in [-0.39, 0.29) is 23.7 Å². The fourth-order valence-corrected chi connectivity index (χ4v) is 3.85. The van der Waals surface area contributed by atoms with E-state index in [9.17, 15) is 9.59 Å². The molecule has 7 nitrogen and oxygen atoms in total. The SMILES string of the molecule is COc1ccc(C(=O)C2CCN(C(C)C(=O)Nc3cc(OC)ccc3OC)CC2)cc1. The molecule has 0 bridgehead atoms. The number of ether oxygens (including phenoxy) is 3. The lowest BCUT2D eigenvalue weighted by Crippen LogP contribution is -2.47. The number of amides is 1. The molecule has 0 aliphatic carbocycles. The maximum atomic E-state index is 12.8. The van der Waals surface area contributed by atoms with Gasteiger partial charge < -0.3 is 19.5 Å². The van der Waals surface area contributed by atoms with Gasteiger partial charge in [-0.1, -0.05) is 0 Å². The van der Waals surface area contributed by atoms with Crippen molar-refractivity contribution in [3.63, 3.8) is 0 Å². The number of hydrogen-bond donors (Lipinski definition) is 1. The van der Waals surface area contributed by atoms with Crippen LogP contribution in [0.5, 0.6) is 17.2 Å². The van der Waals surface area contributed by atoms with E-state index in [1.165, 1.54) is 0 Å². The van der Waals surface area contributed by atoms with E-state index < -0.39 is 0 Å². The number of ketones is 1. The molecule has 2 aromatic carbocycles. The first-order valence-electron chi connectivity index (χ1n) is 10.4. The molecule has 1 atom stereocenters. The van der Waals surface area contributed by atoms with E-state index in [1.807, 2.05) is 31.2 Å². The zero-order valence-electron chi connectivity index (χ0n) is 18.5. The molecule has 1 fully saturated rings. The number of carbonyl (C=O) groups excluding carboxylic acids is 2. The van der Waals surface area contributed by atoms with Gasteiger partial charge in [-0.2, -0.15) is 0 Å². The fraction of sp³-hybridized carbons (Fsp3) is 0.417. The van der Waals surface area contributed by atoms with Gasteiger partial charge in [0.2, 0.25) is 5.91 Å². The molecule has 0 aromatic heterocycles. The quantitative estimate of drug-likeness (QED) is 0.650. The third-order valence-corrected chi connectivity index (χ3v) is 5.87. The Kier molecular flexibility index (Phi) is 7.52. The molecule has 0 radical (unpaired) electrons. The molecule has 2 aromatic rings. The van der Waals surface area contributed by atoms with E-state index in [2.05, 4.69) is 10.2 Å². The van der Waals surface area contributed by atoms with Crippen LogP contribution in [0.4, 0.5) is 5.69 Å². The Hall–Kier alpha value is -3.06. The normalized spacial score (nSPS) is 15.7. The number of Topliss-reactive ketones (excluding diaryl/α,β-unsaturated/α-hetero) is 1. The van der Waals surface area contributed by atoms with Crippen LogP contribution in [0.1, 0.15) is 30.1 Å². The highest BCUT2D eigenvalue weighted by atomic mass is 16.5. The lowest BCUT2D eigenvalue weighted by Gasteiger charge is -2.34. The highest BCUT2D eigenvalue weighted by molar-refractivity contribution is 5.98. The molecule has 3 rings (SSSR count). The maximum Gasteiger partial charge on any atom is 0.241 e. The van der Waals surface area contributed by atoms with Crippen LogP contribution in [0.3, 0.4) is 0 Å². The smallest absolute Gasteiger partial charge is 0.241 e. The van der Waals surface area contributed by atoms with Crippen molar-refractivity contribution in [1.82, 2.24) is 4.90 Å². The van der Waals surface area contributed by atoms with Gasteiger partial charge in [-0.15, -0.1) is 0 Å². The van der Waals surface area contributed by atoms with Crippen LogP contribution in [-0.2, 0) is 4.79 Å². The van der Waals surface area contributed by atoms with Gasteiger partial charge in [0.05, 0.1) is 33.1 Å². The summed E-state index contributed by atoms with van der Waals surface area (Å²) in [4.78, 5) is 27.8. The summed E-state index contributed by atoms with van der Waals surface area (Å²) in [7, 11) is 4.74. The van der Waals surface area contributed by atoms with Crippen molar-refractivity contribution < 1.29 is 23.8 Å². The fourth-order valence-electron chi connectivity index (χ4n) is 3.85. The third kappa shape index (κ3) is 5.35. The Morgan fingerprint density at radius 1 is 0.935 bits per heavy atom. The van der Waals surface area contributed by atoms with Crippen molar-refractivity contribution in [2.75, 3.05) is 39.7 Å². The van der Waals surface area contributed by atoms with Crippen LogP contribution in [0, 0.1) is 5.92 Å². The lowest BCUT2D eigenvalue weighted by molar-refractivity contribution is -0.121. The summed E-state index contributed by atoms with van der Waals surface area (Å²) >= 11 is 0. The third-order valence-electron chi connectivity index (χ3n) is 5.87. The molecular weight excluding hydrogens is 396 g/mol. The van der Waals surface area contributed by atoms with Crippen LogP contribution in [0.2, 0.25) is 0 Å². The number of nitrogens with one attached hydrogen (secondary N) is 1. The van der Waals surface area contributed by atoms with Crippen molar-refractivity contribution in [2.45, 2.75) is 25.8 Å². The van der Waals surface area contributed by atoms with Gasteiger partial charge in [0, 0.05) is 17.5 Å². The van der Waals surface area contributed by atoms with E-state index >= 15 is 0 Å². The second kappa shape index (κ2) is 10.3. The maximum absolute atomic E-state index is 12.8. The number of rotatable bonds is 8. The Balaban J connectivity index is 1.57. The number of likely N-dealkylation sites (tertiary alicyclic amines) is 1. The average molecular weight is 427 g/mol. The van der Waals surface area contributed by atoms with Gasteiger partial charge >= 0.3 is 0 Å². The van der Waals surface area contributed by atoms with Gasteiger partial charge in [0.25, 0.3) is 0 Å². The molecule has 0 spiro atoms. The molecular formula is C24H30N2O5. The van der Waals surface area contributed by atoms with E-state index in [0.717, 1.165) is 18.6 Å². The number of methoxy groups -OCH3 is 3. The zero-order chi connectivity index (χ0) is 22.4. The average Bonchev–Trinajstić information content (AvgIpc) is 2.83. The number of hydrogen-bond acceptors (Lipinski definition) is 6. The van der Waals surface area contributed by atoms with Gasteiger partial charge in [-0.05, 0) is 69.3 Å². The number of piperidine rings is 1. The first-order valence-corrected chi connectivity index (χ1v) is 10.4. The van der Waals surface area contributed by atoms with Crippen molar-refractivity contribution in [3.05, 3.63) is 48.0 Å². The van der Waals surface area contributed by atoms with Crippen LogP contribution in [-0.4, -0.2) is 57.1 Å². The minimum Gasteiger partial charge on any atom is -0.497 e. The van der Waals surface area contributed by atoms with Gasteiger partial charge in [0.15, 0.2) is 5.78 Å². The molecule has 1 aliphatic rings. The summed E-state index contributed by atoms with van der Waals surface area (Å²) in [6.45, 7) is 3.26.